The number of aliphatic hydroxyl groups is 1. The van der Waals surface area contributed by atoms with Crippen LogP contribution < -0.4 is 56.8 Å². The van der Waals surface area contributed by atoms with E-state index in [1.807, 2.05) is 0 Å². The van der Waals surface area contributed by atoms with Crippen LogP contribution in [-0.4, -0.2) is 12.1 Å². The molecule has 0 atom stereocenters. The number of hydrogen-bond donors (Lipinski definition) is 1. The summed E-state index contributed by atoms with van der Waals surface area (Å²) in [5.41, 5.74) is -0.892. The zero-order valence-corrected chi connectivity index (χ0v) is 12.2. The van der Waals surface area contributed by atoms with E-state index in [2.05, 4.69) is 0 Å². The van der Waals surface area contributed by atoms with Crippen LogP contribution in [0.2, 0.25) is 0 Å². The first-order valence-corrected chi connectivity index (χ1v) is 4.95. The van der Waals surface area contributed by atoms with E-state index in [1.54, 1.807) is 0 Å². The molecule has 1 aliphatic carbocycles. The number of benzene rings is 1. The molecule has 6 heteroatoms. The molecule has 1 N–H and O–H groups in total. The molecule has 1 nitrogen and oxygen atoms in total. The summed E-state index contributed by atoms with van der Waals surface area (Å²) in [6.45, 7) is -4.93. The molecular weight excluding hydrogens is 243 g/mol. The second-order valence-corrected chi connectivity index (χ2v) is 4.08. The molecule has 1 aliphatic rings. The van der Waals surface area contributed by atoms with Crippen LogP contribution in [-0.2, 0) is 5.60 Å². The predicted octanol–water partition coefficient (Wildman–Crippen LogP) is -0.884. The third-order valence-electron chi connectivity index (χ3n) is 3.01. The zero-order chi connectivity index (χ0) is 11.1. The molecular formula is C10H11BF3KO. The zero-order valence-electron chi connectivity index (χ0n) is 9.09. The average Bonchev–Trinajstić information content (AvgIpc) is 2.13. The summed E-state index contributed by atoms with van der Waals surface area (Å²) in [7, 11) is 0. The van der Waals surface area contributed by atoms with Gasteiger partial charge in [0.15, 0.2) is 0 Å². The molecule has 0 amide bonds. The van der Waals surface area contributed by atoms with Gasteiger partial charge >= 0.3 is 58.4 Å². The molecule has 0 unspecified atom stereocenters. The number of rotatable bonds is 2. The molecule has 0 aliphatic heterocycles. The van der Waals surface area contributed by atoms with Gasteiger partial charge in [0.1, 0.15) is 0 Å². The summed E-state index contributed by atoms with van der Waals surface area (Å²) in [6.07, 6.45) is 2.22. The summed E-state index contributed by atoms with van der Waals surface area (Å²) in [5.74, 6) is 0. The van der Waals surface area contributed by atoms with Gasteiger partial charge in [0.05, 0.1) is 5.60 Å². The smallest absolute Gasteiger partial charge is 0.445 e. The standard InChI is InChI=1S/C10H11BF3O.K/c12-11(13,14)9-4-2-8(3-5-9)10(15)6-1-7-10;/h2-5,15H,1,6-7H2;/q-1;+1. The minimum Gasteiger partial charge on any atom is -0.445 e. The molecule has 0 aromatic heterocycles. The van der Waals surface area contributed by atoms with Crippen molar-refractivity contribution in [2.45, 2.75) is 24.9 Å². The van der Waals surface area contributed by atoms with E-state index in [0.717, 1.165) is 18.6 Å². The molecule has 0 saturated heterocycles. The topological polar surface area (TPSA) is 20.2 Å². The van der Waals surface area contributed by atoms with Crippen molar-refractivity contribution < 1.29 is 69.4 Å². The molecule has 1 aromatic carbocycles. The molecule has 82 valence electrons. The van der Waals surface area contributed by atoms with Crippen molar-refractivity contribution in [1.82, 2.24) is 0 Å². The monoisotopic (exact) mass is 254 g/mol. The fourth-order valence-corrected chi connectivity index (χ4v) is 1.81. The van der Waals surface area contributed by atoms with Gasteiger partial charge < -0.3 is 18.1 Å². The number of hydrogen-bond acceptors (Lipinski definition) is 1. The van der Waals surface area contributed by atoms with Crippen molar-refractivity contribution >= 4 is 12.4 Å². The Kier molecular flexibility index (Phi) is 4.71. The Hall–Kier alpha value is 0.671. The minimum atomic E-state index is -4.93. The van der Waals surface area contributed by atoms with Gasteiger partial charge in [0.2, 0.25) is 0 Å². The van der Waals surface area contributed by atoms with Gasteiger partial charge in [-0.1, -0.05) is 24.3 Å². The van der Waals surface area contributed by atoms with Gasteiger partial charge in [-0.3, -0.25) is 0 Å². The van der Waals surface area contributed by atoms with Crippen molar-refractivity contribution in [1.29, 1.82) is 0 Å². The van der Waals surface area contributed by atoms with Gasteiger partial charge in [-0.15, -0.1) is 5.46 Å². The Morgan fingerprint density at radius 1 is 1.06 bits per heavy atom. The molecule has 0 bridgehead atoms. The van der Waals surface area contributed by atoms with Crippen molar-refractivity contribution in [3.05, 3.63) is 29.8 Å². The van der Waals surface area contributed by atoms with Gasteiger partial charge in [0.25, 0.3) is 0 Å². The predicted molar refractivity (Wildman–Crippen MR) is 52.9 cm³/mol. The first-order valence-electron chi connectivity index (χ1n) is 4.95. The van der Waals surface area contributed by atoms with E-state index < -0.39 is 18.0 Å². The number of halogens is 3. The van der Waals surface area contributed by atoms with Gasteiger partial charge in [-0.25, -0.2) is 0 Å². The van der Waals surface area contributed by atoms with E-state index in [1.165, 1.54) is 12.1 Å². The van der Waals surface area contributed by atoms with Crippen LogP contribution in [0.15, 0.2) is 24.3 Å². The van der Waals surface area contributed by atoms with E-state index in [4.69, 9.17) is 0 Å². The van der Waals surface area contributed by atoms with Gasteiger partial charge in [-0.2, -0.15) is 0 Å². The second-order valence-electron chi connectivity index (χ2n) is 4.08. The first kappa shape index (κ1) is 14.7. The molecule has 1 aromatic rings. The van der Waals surface area contributed by atoms with Crippen molar-refractivity contribution in [3.63, 3.8) is 0 Å². The maximum absolute atomic E-state index is 12.3. The van der Waals surface area contributed by atoms with Crippen LogP contribution in [0.3, 0.4) is 0 Å². The molecule has 16 heavy (non-hydrogen) atoms. The van der Waals surface area contributed by atoms with E-state index in [-0.39, 0.29) is 51.4 Å². The van der Waals surface area contributed by atoms with Gasteiger partial charge in [0, 0.05) is 0 Å². The van der Waals surface area contributed by atoms with Crippen LogP contribution >= 0.6 is 0 Å². The maximum atomic E-state index is 12.3. The maximum Gasteiger partial charge on any atom is 1.00 e. The second kappa shape index (κ2) is 5.12. The molecule has 0 heterocycles. The van der Waals surface area contributed by atoms with Crippen molar-refractivity contribution in [2.24, 2.45) is 0 Å². The van der Waals surface area contributed by atoms with Crippen LogP contribution in [0.25, 0.3) is 0 Å². The van der Waals surface area contributed by atoms with E-state index >= 15 is 0 Å². The van der Waals surface area contributed by atoms with E-state index in [0.29, 0.717) is 18.4 Å². The van der Waals surface area contributed by atoms with Crippen LogP contribution in [0.4, 0.5) is 12.9 Å². The Morgan fingerprint density at radius 3 is 1.88 bits per heavy atom. The Morgan fingerprint density at radius 2 is 1.56 bits per heavy atom. The molecule has 2 rings (SSSR count). The molecule has 0 spiro atoms. The summed E-state index contributed by atoms with van der Waals surface area (Å²) < 4.78 is 36.9. The summed E-state index contributed by atoms with van der Waals surface area (Å²) in [6, 6.07) is 4.85. The quantitative estimate of drug-likeness (QED) is 0.679. The Bertz CT molecular complexity index is 359. The third-order valence-corrected chi connectivity index (χ3v) is 3.01. The minimum absolute atomic E-state index is 0. The third kappa shape index (κ3) is 2.91. The normalized spacial score (nSPS) is 18.5. The molecule has 1 saturated carbocycles. The van der Waals surface area contributed by atoms with E-state index in [9.17, 15) is 18.1 Å². The van der Waals surface area contributed by atoms with Crippen LogP contribution in [0.5, 0.6) is 0 Å². The van der Waals surface area contributed by atoms with Gasteiger partial charge in [-0.05, 0) is 24.8 Å². The average molecular weight is 254 g/mol. The van der Waals surface area contributed by atoms with Crippen LogP contribution in [0, 0.1) is 0 Å². The fourth-order valence-electron chi connectivity index (χ4n) is 1.81. The fraction of sp³-hybridized carbons (Fsp3) is 0.400. The Balaban J connectivity index is 0.00000128. The Labute approximate surface area is 135 Å². The summed E-state index contributed by atoms with van der Waals surface area (Å²) in [4.78, 5) is 0. The molecule has 1 fully saturated rings. The largest absolute Gasteiger partial charge is 1.00 e. The summed E-state index contributed by atoms with van der Waals surface area (Å²) in [5, 5.41) is 9.90. The SMILES string of the molecule is OC1(c2ccc([B-](F)(F)F)cc2)CCC1.[K+]. The van der Waals surface area contributed by atoms with Crippen molar-refractivity contribution in [2.75, 3.05) is 0 Å². The van der Waals surface area contributed by atoms with Crippen LogP contribution in [0.1, 0.15) is 24.8 Å². The first-order chi connectivity index (χ1) is 6.92. The van der Waals surface area contributed by atoms with Crippen molar-refractivity contribution in [3.8, 4) is 0 Å². The molecule has 0 radical (unpaired) electrons. The summed E-state index contributed by atoms with van der Waals surface area (Å²) >= 11 is 0.